The number of carboxylic acids is 1. The number of aromatic nitrogens is 2. The highest BCUT2D eigenvalue weighted by atomic mass is 32.1. The van der Waals surface area contributed by atoms with Crippen molar-refractivity contribution in [2.45, 2.75) is 32.9 Å². The van der Waals surface area contributed by atoms with Crippen LogP contribution in [-0.4, -0.2) is 30.8 Å². The Morgan fingerprint density at radius 2 is 1.78 bits per heavy atom. The molecule has 4 aromatic rings. The lowest BCUT2D eigenvalue weighted by Crippen LogP contribution is -2.29. The van der Waals surface area contributed by atoms with Gasteiger partial charge in [0.1, 0.15) is 5.75 Å². The minimum Gasteiger partial charge on any atom is -0.508 e. The van der Waals surface area contributed by atoms with E-state index in [0.717, 1.165) is 39.6 Å². The van der Waals surface area contributed by atoms with Gasteiger partial charge in [-0.25, -0.2) is 4.79 Å². The molecule has 2 atom stereocenters. The maximum atomic E-state index is 11.7. The molecular weight excluding hydrogens is 472 g/mol. The molecule has 1 fully saturated rings. The fourth-order valence-electron chi connectivity index (χ4n) is 5.00. The lowest BCUT2D eigenvalue weighted by molar-refractivity contribution is 0.0697. The zero-order valence-electron chi connectivity index (χ0n) is 20.1. The van der Waals surface area contributed by atoms with Crippen LogP contribution in [0, 0.1) is 20.8 Å². The summed E-state index contributed by atoms with van der Waals surface area (Å²) in [6.45, 7) is 6.04. The molecule has 2 aromatic carbocycles. The van der Waals surface area contributed by atoms with E-state index in [1.807, 2.05) is 57.2 Å². The van der Waals surface area contributed by atoms with E-state index in [2.05, 4.69) is 25.8 Å². The Morgan fingerprint density at radius 1 is 1.03 bits per heavy atom. The second kappa shape index (κ2) is 9.13. The molecule has 1 saturated heterocycles. The number of hydrogen-bond donors (Lipinski definition) is 3. The number of thiocarbonyl (C=S) groups is 1. The van der Waals surface area contributed by atoms with Crippen LogP contribution in [0.1, 0.15) is 50.7 Å². The Balaban J connectivity index is 1.69. The van der Waals surface area contributed by atoms with E-state index >= 15 is 0 Å². The Bertz CT molecular complexity index is 1460. The summed E-state index contributed by atoms with van der Waals surface area (Å²) in [5.74, 6) is -0.778. The molecule has 3 heterocycles. The van der Waals surface area contributed by atoms with Crippen LogP contribution in [0.15, 0.2) is 72.9 Å². The predicted octanol–water partition coefficient (Wildman–Crippen LogP) is 5.38. The van der Waals surface area contributed by atoms with E-state index in [1.54, 1.807) is 30.5 Å². The minimum atomic E-state index is -0.960. The molecule has 1 aliphatic heterocycles. The van der Waals surface area contributed by atoms with Crippen molar-refractivity contribution in [2.75, 3.05) is 4.90 Å². The first-order valence-electron chi connectivity index (χ1n) is 11.6. The first-order valence-corrected chi connectivity index (χ1v) is 12.0. The Morgan fingerprint density at radius 3 is 2.44 bits per heavy atom. The number of aromatic carboxylic acids is 1. The molecule has 0 unspecified atom stereocenters. The van der Waals surface area contributed by atoms with Crippen LogP contribution in [0.2, 0.25) is 0 Å². The summed E-state index contributed by atoms with van der Waals surface area (Å²) in [7, 11) is 0. The number of rotatable bonds is 5. The van der Waals surface area contributed by atoms with Crippen LogP contribution in [0.5, 0.6) is 5.75 Å². The van der Waals surface area contributed by atoms with Crippen molar-refractivity contribution in [1.29, 1.82) is 0 Å². The van der Waals surface area contributed by atoms with Crippen LogP contribution >= 0.6 is 12.2 Å². The standard InChI is InChI=1S/C28H26N4O3S/c1-16-7-8-19(27(34)35)15-24(16)31-17(2)14-22(18(31)3)26-25(23-6-4-5-13-29-23)30-28(36)32(26)20-9-11-21(33)12-10-20/h4-15,25-26,33H,1-3H3,(H,30,36)(H,34,35)/t25-,26+/m1/s1. The molecule has 1 aliphatic rings. The maximum absolute atomic E-state index is 11.7. The summed E-state index contributed by atoms with van der Waals surface area (Å²) < 4.78 is 2.10. The first kappa shape index (κ1) is 23.6. The van der Waals surface area contributed by atoms with Gasteiger partial charge in [0.25, 0.3) is 0 Å². The van der Waals surface area contributed by atoms with Crippen LogP contribution in [-0.2, 0) is 0 Å². The highest BCUT2D eigenvalue weighted by Crippen LogP contribution is 2.44. The normalized spacial score (nSPS) is 17.3. The van der Waals surface area contributed by atoms with Crippen LogP contribution in [0.3, 0.4) is 0 Å². The van der Waals surface area contributed by atoms with Crippen LogP contribution in [0.4, 0.5) is 5.69 Å². The van der Waals surface area contributed by atoms with Gasteiger partial charge >= 0.3 is 5.97 Å². The van der Waals surface area contributed by atoms with Crippen LogP contribution < -0.4 is 10.2 Å². The fourth-order valence-corrected chi connectivity index (χ4v) is 5.35. The third-order valence-corrected chi connectivity index (χ3v) is 7.03. The largest absolute Gasteiger partial charge is 0.508 e. The number of nitrogens with one attached hydrogen (secondary N) is 1. The molecule has 0 amide bonds. The van der Waals surface area contributed by atoms with Crippen molar-refractivity contribution in [3.8, 4) is 11.4 Å². The summed E-state index contributed by atoms with van der Waals surface area (Å²) in [6, 6.07) is 19.7. The van der Waals surface area contributed by atoms with Crippen molar-refractivity contribution in [1.82, 2.24) is 14.9 Å². The van der Waals surface area contributed by atoms with Crippen molar-refractivity contribution in [3.05, 3.63) is 107 Å². The van der Waals surface area contributed by atoms with Crippen LogP contribution in [0.25, 0.3) is 5.69 Å². The number of hydrogen-bond acceptors (Lipinski definition) is 4. The number of aryl methyl sites for hydroxylation is 2. The Kier molecular flexibility index (Phi) is 5.97. The van der Waals surface area contributed by atoms with Crippen molar-refractivity contribution < 1.29 is 15.0 Å². The van der Waals surface area contributed by atoms with Gasteiger partial charge in [-0.05, 0) is 98.7 Å². The van der Waals surface area contributed by atoms with E-state index in [0.29, 0.717) is 5.11 Å². The zero-order valence-corrected chi connectivity index (χ0v) is 21.0. The first-order chi connectivity index (χ1) is 17.3. The average Bonchev–Trinajstić information content (AvgIpc) is 3.35. The number of aromatic hydroxyl groups is 1. The monoisotopic (exact) mass is 498 g/mol. The van der Waals surface area contributed by atoms with Crippen molar-refractivity contribution >= 4 is 29.0 Å². The lowest BCUT2D eigenvalue weighted by Gasteiger charge is -2.28. The van der Waals surface area contributed by atoms with Gasteiger partial charge in [0.15, 0.2) is 5.11 Å². The molecular formula is C28H26N4O3S. The van der Waals surface area contributed by atoms with Gasteiger partial charge in [0.05, 0.1) is 23.3 Å². The number of benzene rings is 2. The topological polar surface area (TPSA) is 90.6 Å². The number of pyridine rings is 1. The molecule has 7 nitrogen and oxygen atoms in total. The number of phenolic OH excluding ortho intramolecular Hbond substituents is 1. The third kappa shape index (κ3) is 3.99. The predicted molar refractivity (Wildman–Crippen MR) is 143 cm³/mol. The number of nitrogens with zero attached hydrogens (tertiary/aromatic N) is 3. The van der Waals surface area contributed by atoms with Gasteiger partial charge in [-0.1, -0.05) is 12.1 Å². The molecule has 0 bridgehead atoms. The number of carbonyl (C=O) groups is 1. The van der Waals surface area contributed by atoms with Gasteiger partial charge in [-0.15, -0.1) is 0 Å². The number of anilines is 1. The lowest BCUT2D eigenvalue weighted by atomic mass is 9.96. The van der Waals surface area contributed by atoms with E-state index in [1.165, 1.54) is 0 Å². The van der Waals surface area contributed by atoms with Gasteiger partial charge in [-0.3, -0.25) is 4.98 Å². The zero-order chi connectivity index (χ0) is 25.6. The summed E-state index contributed by atoms with van der Waals surface area (Å²) in [5, 5.41) is 23.4. The third-order valence-electron chi connectivity index (χ3n) is 6.71. The highest BCUT2D eigenvalue weighted by Gasteiger charge is 2.42. The summed E-state index contributed by atoms with van der Waals surface area (Å²) >= 11 is 5.80. The molecule has 0 saturated carbocycles. The van der Waals surface area contributed by atoms with Gasteiger partial charge < -0.3 is 25.0 Å². The number of phenols is 1. The SMILES string of the molecule is Cc1ccc(C(=O)O)cc1-n1c(C)cc([C@H]2[C@@H](c3ccccn3)NC(=S)N2c2ccc(O)cc2)c1C. The minimum absolute atomic E-state index is 0.182. The molecule has 0 radical (unpaired) electrons. The molecule has 8 heteroatoms. The van der Waals surface area contributed by atoms with Gasteiger partial charge in [0.2, 0.25) is 0 Å². The fraction of sp³-hybridized carbons (Fsp3) is 0.179. The molecule has 36 heavy (non-hydrogen) atoms. The molecule has 5 rings (SSSR count). The Labute approximate surface area is 214 Å². The molecule has 0 aliphatic carbocycles. The molecule has 3 N–H and O–H groups in total. The maximum Gasteiger partial charge on any atom is 0.335 e. The summed E-state index contributed by atoms with van der Waals surface area (Å²) in [4.78, 5) is 18.3. The van der Waals surface area contributed by atoms with Crippen molar-refractivity contribution in [3.63, 3.8) is 0 Å². The average molecular weight is 499 g/mol. The van der Waals surface area contributed by atoms with E-state index < -0.39 is 5.97 Å². The quantitative estimate of drug-likeness (QED) is 0.318. The second-order valence-electron chi connectivity index (χ2n) is 8.98. The molecule has 0 spiro atoms. The van der Waals surface area contributed by atoms with E-state index in [4.69, 9.17) is 12.2 Å². The summed E-state index contributed by atoms with van der Waals surface area (Å²) in [5.41, 5.74) is 6.77. The van der Waals surface area contributed by atoms with Crippen molar-refractivity contribution in [2.24, 2.45) is 0 Å². The second-order valence-corrected chi connectivity index (χ2v) is 9.37. The Hall–Kier alpha value is -4.17. The van der Waals surface area contributed by atoms with E-state index in [9.17, 15) is 15.0 Å². The number of carboxylic acid groups (broad SMARTS) is 1. The highest BCUT2D eigenvalue weighted by molar-refractivity contribution is 7.80. The molecule has 182 valence electrons. The summed E-state index contributed by atoms with van der Waals surface area (Å²) in [6.07, 6.45) is 1.77. The van der Waals surface area contributed by atoms with E-state index in [-0.39, 0.29) is 23.4 Å². The van der Waals surface area contributed by atoms with Gasteiger partial charge in [0, 0.05) is 29.0 Å². The smallest absolute Gasteiger partial charge is 0.335 e. The molecule has 2 aromatic heterocycles. The van der Waals surface area contributed by atoms with Gasteiger partial charge in [-0.2, -0.15) is 0 Å².